The van der Waals surface area contributed by atoms with E-state index in [4.69, 9.17) is 11.6 Å². The number of nitrogens with one attached hydrogen (secondary N) is 2. The summed E-state index contributed by atoms with van der Waals surface area (Å²) >= 11 is 5.96. The fourth-order valence-electron chi connectivity index (χ4n) is 3.14. The van der Waals surface area contributed by atoms with Crippen molar-refractivity contribution in [2.75, 3.05) is 11.0 Å². The number of anilines is 1. The molecule has 0 saturated heterocycles. The molecule has 3 aromatic rings. The van der Waals surface area contributed by atoms with E-state index in [1.165, 1.54) is 6.92 Å². The van der Waals surface area contributed by atoms with Crippen LogP contribution in [0.15, 0.2) is 42.5 Å². The van der Waals surface area contributed by atoms with E-state index in [2.05, 4.69) is 21.0 Å². The average molecular weight is 405 g/mol. The summed E-state index contributed by atoms with van der Waals surface area (Å²) in [6.45, 7) is 1.52. The van der Waals surface area contributed by atoms with E-state index in [0.29, 0.717) is 27.2 Å². The van der Waals surface area contributed by atoms with Crippen LogP contribution in [0.25, 0.3) is 10.9 Å². The number of fused-ring (bicyclic) bond motifs is 1. The second-order valence-electron chi connectivity index (χ2n) is 6.28. The minimum Gasteiger partial charge on any atom is -0.391 e. The summed E-state index contributed by atoms with van der Waals surface area (Å²) in [5, 5.41) is 28.7. The zero-order valence-electron chi connectivity index (χ0n) is 14.6. The van der Waals surface area contributed by atoms with E-state index >= 15 is 0 Å². The number of aromatic nitrogens is 2. The van der Waals surface area contributed by atoms with Crippen LogP contribution in [0.2, 0.25) is 5.02 Å². The van der Waals surface area contributed by atoms with Crippen LogP contribution in [0.3, 0.4) is 0 Å². The van der Waals surface area contributed by atoms with Crippen LogP contribution in [-0.2, 0) is 15.4 Å². The van der Waals surface area contributed by atoms with Gasteiger partial charge < -0.3 is 5.11 Å². The van der Waals surface area contributed by atoms with Gasteiger partial charge in [-0.25, -0.2) is 8.42 Å². The van der Waals surface area contributed by atoms with E-state index in [1.54, 1.807) is 42.5 Å². The average Bonchev–Trinajstić information content (AvgIpc) is 3.02. The van der Waals surface area contributed by atoms with Crippen LogP contribution in [-0.4, -0.2) is 36.1 Å². The van der Waals surface area contributed by atoms with E-state index < -0.39 is 21.5 Å². The Bertz CT molecular complexity index is 1130. The molecule has 0 radical (unpaired) electrons. The zero-order valence-corrected chi connectivity index (χ0v) is 16.1. The summed E-state index contributed by atoms with van der Waals surface area (Å²) in [5.41, 5.74) is 0.104. The molecule has 7 nitrogen and oxygen atoms in total. The van der Waals surface area contributed by atoms with Crippen molar-refractivity contribution >= 4 is 38.2 Å². The van der Waals surface area contributed by atoms with Gasteiger partial charge in [-0.3, -0.25) is 9.82 Å². The van der Waals surface area contributed by atoms with E-state index in [9.17, 15) is 18.8 Å². The zero-order chi connectivity index (χ0) is 19.8. The highest BCUT2D eigenvalue weighted by molar-refractivity contribution is 7.92. The molecule has 140 valence electrons. The Kier molecular flexibility index (Phi) is 4.86. The van der Waals surface area contributed by atoms with E-state index in [0.717, 1.165) is 6.26 Å². The van der Waals surface area contributed by atoms with Crippen LogP contribution >= 0.6 is 11.6 Å². The number of hydrogen-bond donors (Lipinski definition) is 3. The molecule has 9 heteroatoms. The Morgan fingerprint density at radius 2 is 1.96 bits per heavy atom. The number of halogens is 1. The number of aliphatic hydroxyl groups is 1. The fraction of sp³-hybridized carbons (Fsp3) is 0.222. The second kappa shape index (κ2) is 6.85. The third kappa shape index (κ3) is 3.37. The largest absolute Gasteiger partial charge is 0.391 e. The number of aromatic amines is 1. The lowest BCUT2D eigenvalue weighted by Gasteiger charge is -2.29. The molecule has 1 heterocycles. The van der Waals surface area contributed by atoms with Gasteiger partial charge >= 0.3 is 0 Å². The summed E-state index contributed by atoms with van der Waals surface area (Å²) in [6, 6.07) is 13.8. The first-order valence-corrected chi connectivity index (χ1v) is 10.3. The van der Waals surface area contributed by atoms with Gasteiger partial charge in [-0.15, -0.1) is 0 Å². The smallest absolute Gasteiger partial charge is 0.229 e. The maximum atomic E-state index is 11.6. The predicted molar refractivity (Wildman–Crippen MR) is 104 cm³/mol. The van der Waals surface area contributed by atoms with Crippen molar-refractivity contribution in [1.82, 2.24) is 10.2 Å². The molecule has 3 rings (SSSR count). The predicted octanol–water partition coefficient (Wildman–Crippen LogP) is 2.78. The fourth-order valence-corrected chi connectivity index (χ4v) is 3.83. The van der Waals surface area contributed by atoms with Crippen molar-refractivity contribution < 1.29 is 13.5 Å². The summed E-state index contributed by atoms with van der Waals surface area (Å²) in [4.78, 5) is 0. The molecular weight excluding hydrogens is 388 g/mol. The van der Waals surface area contributed by atoms with Crippen molar-refractivity contribution in [1.29, 1.82) is 5.26 Å². The first kappa shape index (κ1) is 19.2. The quantitative estimate of drug-likeness (QED) is 0.604. The van der Waals surface area contributed by atoms with Crippen molar-refractivity contribution in [2.45, 2.75) is 18.4 Å². The van der Waals surface area contributed by atoms with Crippen molar-refractivity contribution in [3.8, 4) is 6.07 Å². The van der Waals surface area contributed by atoms with E-state index in [-0.39, 0.29) is 5.69 Å². The maximum absolute atomic E-state index is 11.6. The van der Waals surface area contributed by atoms with Gasteiger partial charge in [0.15, 0.2) is 0 Å². The first-order valence-electron chi connectivity index (χ1n) is 8.00. The number of nitrogens with zero attached hydrogens (tertiary/aromatic N) is 2. The summed E-state index contributed by atoms with van der Waals surface area (Å²) in [7, 11) is -3.51. The normalized spacial score (nSPS) is 15.1. The van der Waals surface area contributed by atoms with Crippen molar-refractivity contribution in [3.05, 3.63) is 58.7 Å². The molecule has 0 amide bonds. The van der Waals surface area contributed by atoms with Crippen LogP contribution in [0.5, 0.6) is 0 Å². The third-order valence-electron chi connectivity index (χ3n) is 4.38. The lowest BCUT2D eigenvalue weighted by Crippen LogP contribution is -2.38. The maximum Gasteiger partial charge on any atom is 0.229 e. The molecule has 0 aliphatic heterocycles. The minimum absolute atomic E-state index is 0.283. The number of rotatable bonds is 5. The van der Waals surface area contributed by atoms with Gasteiger partial charge in [-0.1, -0.05) is 35.9 Å². The topological polar surface area (TPSA) is 119 Å². The number of benzene rings is 2. The SMILES string of the molecule is CC(O)C(C#N)(c1ccc(Cl)cc1)c1[nH]nc2c(NS(C)(=O)=O)cccc12. The monoisotopic (exact) mass is 404 g/mol. The molecule has 0 fully saturated rings. The highest BCUT2D eigenvalue weighted by Gasteiger charge is 2.43. The summed E-state index contributed by atoms with van der Waals surface area (Å²) < 4.78 is 25.6. The molecule has 2 atom stereocenters. The van der Waals surface area contributed by atoms with Gasteiger partial charge in [-0.05, 0) is 30.7 Å². The molecule has 0 saturated carbocycles. The molecule has 0 bridgehead atoms. The van der Waals surface area contributed by atoms with Gasteiger partial charge in [-0.2, -0.15) is 10.4 Å². The Morgan fingerprint density at radius 3 is 2.52 bits per heavy atom. The number of hydrogen-bond acceptors (Lipinski definition) is 5. The Balaban J connectivity index is 2.29. The molecule has 2 unspecified atom stereocenters. The highest BCUT2D eigenvalue weighted by atomic mass is 35.5. The van der Waals surface area contributed by atoms with Gasteiger partial charge in [0.25, 0.3) is 0 Å². The van der Waals surface area contributed by atoms with Gasteiger partial charge in [0.1, 0.15) is 10.9 Å². The Morgan fingerprint density at radius 1 is 1.30 bits per heavy atom. The molecule has 0 aliphatic rings. The second-order valence-corrected chi connectivity index (χ2v) is 8.46. The molecule has 3 N–H and O–H groups in total. The van der Waals surface area contributed by atoms with Gasteiger partial charge in [0.2, 0.25) is 10.0 Å². The number of sulfonamides is 1. The first-order chi connectivity index (χ1) is 12.7. The number of aliphatic hydroxyl groups excluding tert-OH is 1. The minimum atomic E-state index is -3.51. The van der Waals surface area contributed by atoms with Crippen molar-refractivity contribution in [3.63, 3.8) is 0 Å². The molecular formula is C18H17ClN4O3S. The van der Waals surface area contributed by atoms with Crippen LogP contribution < -0.4 is 4.72 Å². The van der Waals surface area contributed by atoms with E-state index in [1.807, 2.05) is 0 Å². The molecule has 0 aliphatic carbocycles. The van der Waals surface area contributed by atoms with Gasteiger partial charge in [0.05, 0.1) is 29.8 Å². The molecule has 2 aromatic carbocycles. The Hall–Kier alpha value is -2.60. The molecule has 1 aromatic heterocycles. The number of para-hydroxylation sites is 1. The van der Waals surface area contributed by atoms with Crippen LogP contribution in [0, 0.1) is 11.3 Å². The van der Waals surface area contributed by atoms with Crippen LogP contribution in [0.4, 0.5) is 5.69 Å². The van der Waals surface area contributed by atoms with Crippen LogP contribution in [0.1, 0.15) is 18.2 Å². The lowest BCUT2D eigenvalue weighted by atomic mass is 9.73. The van der Waals surface area contributed by atoms with Gasteiger partial charge in [0, 0.05) is 10.4 Å². The third-order valence-corrected chi connectivity index (χ3v) is 5.22. The summed E-state index contributed by atoms with van der Waals surface area (Å²) in [5.74, 6) is 0. The number of nitriles is 1. The molecule has 0 spiro atoms. The lowest BCUT2D eigenvalue weighted by molar-refractivity contribution is 0.146. The van der Waals surface area contributed by atoms with Crippen molar-refractivity contribution in [2.24, 2.45) is 0 Å². The number of H-pyrrole nitrogens is 1. The Labute approximate surface area is 161 Å². The molecule has 27 heavy (non-hydrogen) atoms. The standard InChI is InChI=1S/C18H17ClN4O3S/c1-11(24)18(10-20,12-6-8-13(19)9-7-12)17-14-4-3-5-15(16(14)21-22-17)23-27(2,25)26/h3-9,11,23-24H,1-2H3,(H,21,22). The summed E-state index contributed by atoms with van der Waals surface area (Å²) in [6.07, 6.45) is -0.0403. The highest BCUT2D eigenvalue weighted by Crippen LogP contribution is 2.39.